The topological polar surface area (TPSA) is 54.5 Å². The Hall–Kier alpha value is -2.08. The number of ether oxygens (including phenoxy) is 1. The molecule has 1 heterocycles. The first kappa shape index (κ1) is 15.3. The molecule has 0 radical (unpaired) electrons. The van der Waals surface area contributed by atoms with E-state index < -0.39 is 0 Å². The highest BCUT2D eigenvalue weighted by Gasteiger charge is 2.09. The predicted molar refractivity (Wildman–Crippen MR) is 86.3 cm³/mol. The van der Waals surface area contributed by atoms with Crippen molar-refractivity contribution in [2.75, 3.05) is 37.5 Å². The molecule has 0 bridgehead atoms. The Balaban J connectivity index is 1.72. The summed E-state index contributed by atoms with van der Waals surface area (Å²) < 4.78 is 4.65. The Bertz CT molecular complexity index is 571. The fourth-order valence-electron chi connectivity index (χ4n) is 1.87. The van der Waals surface area contributed by atoms with Crippen molar-refractivity contribution in [3.8, 4) is 0 Å². The highest BCUT2D eigenvalue weighted by Crippen LogP contribution is 2.18. The van der Waals surface area contributed by atoms with Gasteiger partial charge >= 0.3 is 5.97 Å². The van der Waals surface area contributed by atoms with Crippen molar-refractivity contribution in [2.45, 2.75) is 6.42 Å². The van der Waals surface area contributed by atoms with Crippen molar-refractivity contribution < 1.29 is 9.53 Å². The molecule has 2 rings (SSSR count). The summed E-state index contributed by atoms with van der Waals surface area (Å²) in [5.74, 6) is -0.343. The number of hydrogen-bond donors (Lipinski definition) is 1. The molecule has 0 aliphatic heterocycles. The number of rotatable bonds is 7. The number of carbonyl (C=O) groups excluding carboxylic acids is 1. The van der Waals surface area contributed by atoms with Crippen molar-refractivity contribution in [3.63, 3.8) is 0 Å². The Morgan fingerprint density at radius 2 is 2.14 bits per heavy atom. The lowest BCUT2D eigenvalue weighted by Gasteiger charge is -2.19. The lowest BCUT2D eigenvalue weighted by molar-refractivity contribution is 0.0606. The minimum Gasteiger partial charge on any atom is -0.465 e. The van der Waals surface area contributed by atoms with Gasteiger partial charge in [-0.2, -0.15) is 0 Å². The lowest BCUT2D eigenvalue weighted by atomic mass is 10.3. The Morgan fingerprint density at radius 1 is 1.38 bits per heavy atom. The van der Waals surface area contributed by atoms with Gasteiger partial charge in [0.2, 0.25) is 0 Å². The first-order chi connectivity index (χ1) is 10.2. The summed E-state index contributed by atoms with van der Waals surface area (Å²) in [5, 5.41) is 3.97. The summed E-state index contributed by atoms with van der Waals surface area (Å²) in [6, 6.07) is 10.3. The second-order valence-corrected chi connectivity index (χ2v) is 5.59. The SMILES string of the molecule is COC(=O)c1cnc(NCCCN(C)c2ccccc2)s1. The van der Waals surface area contributed by atoms with Crippen LogP contribution in [0, 0.1) is 0 Å². The summed E-state index contributed by atoms with van der Waals surface area (Å²) in [6.07, 6.45) is 2.52. The summed E-state index contributed by atoms with van der Waals surface area (Å²) in [4.78, 5) is 18.2. The molecule has 5 nitrogen and oxygen atoms in total. The van der Waals surface area contributed by atoms with E-state index in [1.807, 2.05) is 18.2 Å². The fraction of sp³-hybridized carbons (Fsp3) is 0.333. The second kappa shape index (κ2) is 7.64. The van der Waals surface area contributed by atoms with Crippen molar-refractivity contribution in [3.05, 3.63) is 41.4 Å². The highest BCUT2D eigenvalue weighted by molar-refractivity contribution is 7.17. The first-order valence-corrected chi connectivity index (χ1v) is 7.56. The summed E-state index contributed by atoms with van der Waals surface area (Å²) in [5.41, 5.74) is 1.21. The molecule has 112 valence electrons. The van der Waals surface area contributed by atoms with E-state index in [0.29, 0.717) is 4.88 Å². The van der Waals surface area contributed by atoms with Gasteiger partial charge < -0.3 is 15.0 Å². The van der Waals surface area contributed by atoms with Crippen LogP contribution in [0.2, 0.25) is 0 Å². The van der Waals surface area contributed by atoms with E-state index in [1.54, 1.807) is 0 Å². The van der Waals surface area contributed by atoms with E-state index >= 15 is 0 Å². The molecule has 0 aliphatic rings. The molecule has 0 spiro atoms. The molecule has 0 unspecified atom stereocenters. The number of hydrogen-bond acceptors (Lipinski definition) is 6. The summed E-state index contributed by atoms with van der Waals surface area (Å²) >= 11 is 1.31. The third-order valence-electron chi connectivity index (χ3n) is 3.04. The third kappa shape index (κ3) is 4.46. The molecule has 2 aromatic rings. The van der Waals surface area contributed by atoms with Gasteiger partial charge in [-0.05, 0) is 18.6 Å². The molecule has 0 saturated heterocycles. The van der Waals surface area contributed by atoms with Crippen LogP contribution in [0.4, 0.5) is 10.8 Å². The lowest BCUT2D eigenvalue weighted by Crippen LogP contribution is -2.20. The standard InChI is InChI=1S/C15H19N3O2S/c1-18(12-7-4-3-5-8-12)10-6-9-16-15-17-11-13(21-15)14(19)20-2/h3-5,7-8,11H,6,9-10H2,1-2H3,(H,16,17). The molecular weight excluding hydrogens is 286 g/mol. The summed E-state index contributed by atoms with van der Waals surface area (Å²) in [6.45, 7) is 1.76. The van der Waals surface area contributed by atoms with Crippen LogP contribution in [0.1, 0.15) is 16.1 Å². The molecular formula is C15H19N3O2S. The predicted octanol–water partition coefficient (Wildman–Crippen LogP) is 2.87. The minimum absolute atomic E-state index is 0.343. The van der Waals surface area contributed by atoms with E-state index in [1.165, 1.54) is 30.3 Å². The second-order valence-electron chi connectivity index (χ2n) is 4.56. The van der Waals surface area contributed by atoms with Gasteiger partial charge in [-0.15, -0.1) is 0 Å². The summed E-state index contributed by atoms with van der Waals surface area (Å²) in [7, 11) is 3.45. The average molecular weight is 305 g/mol. The minimum atomic E-state index is -0.343. The van der Waals surface area contributed by atoms with E-state index in [-0.39, 0.29) is 5.97 Å². The molecule has 0 fully saturated rings. The molecule has 0 aliphatic carbocycles. The van der Waals surface area contributed by atoms with Gasteiger partial charge in [0.15, 0.2) is 5.13 Å². The number of nitrogens with one attached hydrogen (secondary N) is 1. The van der Waals surface area contributed by atoms with Gasteiger partial charge in [-0.1, -0.05) is 29.5 Å². The quantitative estimate of drug-likeness (QED) is 0.629. The van der Waals surface area contributed by atoms with Crippen LogP contribution >= 0.6 is 11.3 Å². The zero-order valence-corrected chi connectivity index (χ0v) is 13.0. The number of anilines is 2. The zero-order chi connectivity index (χ0) is 15.1. The number of thiazole rings is 1. The van der Waals surface area contributed by atoms with Gasteiger partial charge in [0, 0.05) is 25.8 Å². The van der Waals surface area contributed by atoms with E-state index in [2.05, 4.69) is 39.1 Å². The first-order valence-electron chi connectivity index (χ1n) is 6.75. The van der Waals surface area contributed by atoms with Gasteiger partial charge in [0.25, 0.3) is 0 Å². The van der Waals surface area contributed by atoms with Gasteiger partial charge in [0.1, 0.15) is 4.88 Å². The molecule has 0 saturated carbocycles. The number of para-hydroxylation sites is 1. The van der Waals surface area contributed by atoms with Crippen LogP contribution in [-0.2, 0) is 4.74 Å². The Kier molecular flexibility index (Phi) is 5.57. The van der Waals surface area contributed by atoms with Crippen LogP contribution in [0.3, 0.4) is 0 Å². The average Bonchev–Trinajstić information content (AvgIpc) is 3.00. The number of esters is 1. The van der Waals surface area contributed by atoms with Crippen molar-refractivity contribution in [2.24, 2.45) is 0 Å². The molecule has 6 heteroatoms. The Morgan fingerprint density at radius 3 is 2.86 bits per heavy atom. The maximum absolute atomic E-state index is 11.3. The number of methoxy groups -OCH3 is 1. The van der Waals surface area contributed by atoms with E-state index in [0.717, 1.165) is 24.6 Å². The van der Waals surface area contributed by atoms with Crippen LogP contribution in [-0.4, -0.2) is 38.2 Å². The number of benzene rings is 1. The number of aromatic nitrogens is 1. The van der Waals surface area contributed by atoms with Crippen LogP contribution in [0.25, 0.3) is 0 Å². The van der Waals surface area contributed by atoms with Crippen molar-refractivity contribution in [1.29, 1.82) is 0 Å². The highest BCUT2D eigenvalue weighted by atomic mass is 32.1. The number of nitrogens with zero attached hydrogens (tertiary/aromatic N) is 2. The molecule has 21 heavy (non-hydrogen) atoms. The molecule has 1 aromatic heterocycles. The normalized spacial score (nSPS) is 10.2. The maximum Gasteiger partial charge on any atom is 0.349 e. The van der Waals surface area contributed by atoms with E-state index in [4.69, 9.17) is 0 Å². The zero-order valence-electron chi connectivity index (χ0n) is 12.2. The third-order valence-corrected chi connectivity index (χ3v) is 3.97. The molecule has 1 aromatic carbocycles. The van der Waals surface area contributed by atoms with E-state index in [9.17, 15) is 4.79 Å². The van der Waals surface area contributed by atoms with Gasteiger partial charge in [0.05, 0.1) is 13.3 Å². The van der Waals surface area contributed by atoms with Crippen molar-refractivity contribution in [1.82, 2.24) is 4.98 Å². The number of carbonyl (C=O) groups is 1. The van der Waals surface area contributed by atoms with Crippen molar-refractivity contribution >= 4 is 28.1 Å². The maximum atomic E-state index is 11.3. The monoisotopic (exact) mass is 305 g/mol. The van der Waals surface area contributed by atoms with Crippen LogP contribution in [0.15, 0.2) is 36.5 Å². The fourth-order valence-corrected chi connectivity index (χ4v) is 2.63. The molecule has 0 amide bonds. The largest absolute Gasteiger partial charge is 0.465 e. The molecule has 1 N–H and O–H groups in total. The van der Waals surface area contributed by atoms with Crippen LogP contribution in [0.5, 0.6) is 0 Å². The smallest absolute Gasteiger partial charge is 0.349 e. The van der Waals surface area contributed by atoms with Gasteiger partial charge in [-0.25, -0.2) is 9.78 Å². The van der Waals surface area contributed by atoms with Crippen LogP contribution < -0.4 is 10.2 Å². The molecule has 0 atom stereocenters. The van der Waals surface area contributed by atoms with Gasteiger partial charge in [-0.3, -0.25) is 0 Å². The Labute approximate surface area is 128 Å².